The quantitative estimate of drug-likeness (QED) is 0.927. The van der Waals surface area contributed by atoms with E-state index in [0.29, 0.717) is 5.82 Å². The Kier molecular flexibility index (Phi) is 4.84. The van der Waals surface area contributed by atoms with Gasteiger partial charge in [0.2, 0.25) is 5.13 Å². The first-order valence-electron chi connectivity index (χ1n) is 7.75. The average Bonchev–Trinajstić information content (AvgIpc) is 2.88. The summed E-state index contributed by atoms with van der Waals surface area (Å²) >= 11 is 1.52. The van der Waals surface area contributed by atoms with Crippen LogP contribution in [-0.4, -0.2) is 45.4 Å². The SMILES string of the molecule is CCc1nsc(N2CCCN(Cc3ccnc(N)c3)CC2)n1. The van der Waals surface area contributed by atoms with Gasteiger partial charge in [0.05, 0.1) is 0 Å². The van der Waals surface area contributed by atoms with E-state index >= 15 is 0 Å². The van der Waals surface area contributed by atoms with E-state index in [-0.39, 0.29) is 0 Å². The van der Waals surface area contributed by atoms with Crippen LogP contribution in [0.5, 0.6) is 0 Å². The van der Waals surface area contributed by atoms with Crippen molar-refractivity contribution >= 4 is 22.5 Å². The predicted molar refractivity (Wildman–Crippen MR) is 90.0 cm³/mol. The van der Waals surface area contributed by atoms with E-state index in [4.69, 9.17) is 5.73 Å². The van der Waals surface area contributed by atoms with E-state index in [1.54, 1.807) is 6.20 Å². The minimum atomic E-state index is 0.593. The molecule has 0 radical (unpaired) electrons. The molecular weight excluding hydrogens is 296 g/mol. The van der Waals surface area contributed by atoms with Gasteiger partial charge in [0.15, 0.2) is 0 Å². The number of pyridine rings is 1. The molecule has 0 saturated carbocycles. The molecule has 7 heteroatoms. The van der Waals surface area contributed by atoms with Gasteiger partial charge in [0.25, 0.3) is 0 Å². The van der Waals surface area contributed by atoms with Crippen LogP contribution in [0, 0.1) is 0 Å². The zero-order chi connectivity index (χ0) is 15.4. The van der Waals surface area contributed by atoms with E-state index in [9.17, 15) is 0 Å². The first-order chi connectivity index (χ1) is 10.7. The minimum Gasteiger partial charge on any atom is -0.384 e. The lowest BCUT2D eigenvalue weighted by Crippen LogP contribution is -2.30. The van der Waals surface area contributed by atoms with Crippen molar-refractivity contribution in [3.63, 3.8) is 0 Å². The molecular formula is C15H22N6S. The van der Waals surface area contributed by atoms with Crippen LogP contribution in [0.1, 0.15) is 24.7 Å². The fourth-order valence-corrected chi connectivity index (χ4v) is 3.49. The zero-order valence-corrected chi connectivity index (χ0v) is 13.7. The molecule has 1 saturated heterocycles. The van der Waals surface area contributed by atoms with Crippen molar-refractivity contribution in [3.05, 3.63) is 29.7 Å². The summed E-state index contributed by atoms with van der Waals surface area (Å²) in [6.45, 7) is 7.20. The van der Waals surface area contributed by atoms with Crippen molar-refractivity contribution in [2.24, 2.45) is 0 Å². The highest BCUT2D eigenvalue weighted by Gasteiger charge is 2.18. The number of nitrogens with zero attached hydrogens (tertiary/aromatic N) is 5. The number of aryl methyl sites for hydroxylation is 1. The molecule has 22 heavy (non-hydrogen) atoms. The second-order valence-electron chi connectivity index (χ2n) is 5.55. The van der Waals surface area contributed by atoms with E-state index in [1.165, 1.54) is 17.1 Å². The summed E-state index contributed by atoms with van der Waals surface area (Å²) in [7, 11) is 0. The van der Waals surface area contributed by atoms with Gasteiger partial charge in [-0.15, -0.1) is 0 Å². The highest BCUT2D eigenvalue weighted by atomic mass is 32.1. The molecule has 0 atom stereocenters. The molecule has 2 aromatic heterocycles. The number of nitrogens with two attached hydrogens (primary N) is 1. The minimum absolute atomic E-state index is 0.593. The fraction of sp³-hybridized carbons (Fsp3) is 0.533. The Morgan fingerprint density at radius 2 is 2.18 bits per heavy atom. The van der Waals surface area contributed by atoms with Crippen molar-refractivity contribution in [2.75, 3.05) is 36.8 Å². The summed E-state index contributed by atoms with van der Waals surface area (Å²) in [5, 5.41) is 1.06. The smallest absolute Gasteiger partial charge is 0.205 e. The Hall–Kier alpha value is -1.73. The van der Waals surface area contributed by atoms with Gasteiger partial charge in [0.1, 0.15) is 11.6 Å². The van der Waals surface area contributed by atoms with E-state index < -0.39 is 0 Å². The van der Waals surface area contributed by atoms with Crippen LogP contribution >= 0.6 is 11.5 Å². The Morgan fingerprint density at radius 3 is 2.95 bits per heavy atom. The number of aromatic nitrogens is 3. The lowest BCUT2D eigenvalue weighted by atomic mass is 10.2. The number of hydrogen-bond acceptors (Lipinski definition) is 7. The van der Waals surface area contributed by atoms with Gasteiger partial charge < -0.3 is 10.6 Å². The average molecular weight is 318 g/mol. The third-order valence-corrected chi connectivity index (χ3v) is 4.70. The standard InChI is InChI=1S/C15H22N6S/c1-2-14-18-15(22-19-14)21-7-3-6-20(8-9-21)11-12-4-5-17-13(16)10-12/h4-5,10H,2-3,6-9,11H2,1H3,(H2,16,17). The summed E-state index contributed by atoms with van der Waals surface area (Å²) in [5.41, 5.74) is 6.98. The van der Waals surface area contributed by atoms with Crippen LogP contribution in [0.3, 0.4) is 0 Å². The maximum Gasteiger partial charge on any atom is 0.205 e. The summed E-state index contributed by atoms with van der Waals surface area (Å²) in [6, 6.07) is 4.00. The largest absolute Gasteiger partial charge is 0.384 e. The second-order valence-corrected chi connectivity index (χ2v) is 6.28. The molecule has 0 spiro atoms. The molecule has 3 rings (SSSR count). The number of nitrogen functional groups attached to an aromatic ring is 1. The highest BCUT2D eigenvalue weighted by molar-refractivity contribution is 7.09. The summed E-state index contributed by atoms with van der Waals surface area (Å²) in [5.74, 6) is 1.54. The summed E-state index contributed by atoms with van der Waals surface area (Å²) < 4.78 is 4.39. The van der Waals surface area contributed by atoms with Crippen LogP contribution in [-0.2, 0) is 13.0 Å². The molecule has 118 valence electrons. The molecule has 6 nitrogen and oxygen atoms in total. The van der Waals surface area contributed by atoms with Gasteiger partial charge in [-0.3, -0.25) is 4.90 Å². The molecule has 1 aliphatic heterocycles. The molecule has 0 aliphatic carbocycles. The second kappa shape index (κ2) is 7.02. The lowest BCUT2D eigenvalue weighted by molar-refractivity contribution is 0.285. The number of rotatable bonds is 4. The van der Waals surface area contributed by atoms with Crippen LogP contribution in [0.15, 0.2) is 18.3 Å². The Balaban J connectivity index is 1.60. The molecule has 1 fully saturated rings. The van der Waals surface area contributed by atoms with Gasteiger partial charge in [-0.2, -0.15) is 4.37 Å². The first-order valence-corrected chi connectivity index (χ1v) is 8.52. The van der Waals surface area contributed by atoms with Gasteiger partial charge in [-0.05, 0) is 24.1 Å². The van der Waals surface area contributed by atoms with Gasteiger partial charge in [-0.25, -0.2) is 9.97 Å². The molecule has 0 bridgehead atoms. The van der Waals surface area contributed by atoms with E-state index in [2.05, 4.69) is 31.1 Å². The predicted octanol–water partition coefficient (Wildman–Crippen LogP) is 1.79. The number of anilines is 2. The Bertz CT molecular complexity index is 614. The van der Waals surface area contributed by atoms with E-state index in [1.807, 2.05) is 12.1 Å². The van der Waals surface area contributed by atoms with Crippen molar-refractivity contribution in [1.29, 1.82) is 0 Å². The maximum absolute atomic E-state index is 5.76. The summed E-state index contributed by atoms with van der Waals surface area (Å²) in [6.07, 6.45) is 3.82. The number of hydrogen-bond donors (Lipinski definition) is 1. The highest BCUT2D eigenvalue weighted by Crippen LogP contribution is 2.20. The maximum atomic E-state index is 5.76. The van der Waals surface area contributed by atoms with Crippen LogP contribution in [0.4, 0.5) is 10.9 Å². The van der Waals surface area contributed by atoms with E-state index in [0.717, 1.165) is 56.5 Å². The van der Waals surface area contributed by atoms with Gasteiger partial charge in [0, 0.05) is 56.9 Å². The van der Waals surface area contributed by atoms with Crippen molar-refractivity contribution in [3.8, 4) is 0 Å². The molecule has 3 heterocycles. The third-order valence-electron chi connectivity index (χ3n) is 3.88. The molecule has 2 aromatic rings. The third kappa shape index (κ3) is 3.72. The lowest BCUT2D eigenvalue weighted by Gasteiger charge is -2.21. The topological polar surface area (TPSA) is 71.2 Å². The first kappa shape index (κ1) is 15.2. The molecule has 0 unspecified atom stereocenters. The van der Waals surface area contributed by atoms with Crippen LogP contribution < -0.4 is 10.6 Å². The van der Waals surface area contributed by atoms with Crippen LogP contribution in [0.25, 0.3) is 0 Å². The normalized spacial score (nSPS) is 16.7. The molecule has 2 N–H and O–H groups in total. The Labute approximate surface area is 135 Å². The fourth-order valence-electron chi connectivity index (χ4n) is 2.69. The zero-order valence-electron chi connectivity index (χ0n) is 12.9. The van der Waals surface area contributed by atoms with Crippen LogP contribution in [0.2, 0.25) is 0 Å². The monoisotopic (exact) mass is 318 g/mol. The van der Waals surface area contributed by atoms with Crippen molar-refractivity contribution in [1.82, 2.24) is 19.2 Å². The van der Waals surface area contributed by atoms with Gasteiger partial charge in [-0.1, -0.05) is 6.92 Å². The van der Waals surface area contributed by atoms with Crippen molar-refractivity contribution < 1.29 is 0 Å². The molecule has 1 aliphatic rings. The molecule has 0 amide bonds. The molecule has 0 aromatic carbocycles. The summed E-state index contributed by atoms with van der Waals surface area (Å²) in [4.78, 5) is 13.5. The van der Waals surface area contributed by atoms with Gasteiger partial charge >= 0.3 is 0 Å². The van der Waals surface area contributed by atoms with Crippen molar-refractivity contribution in [2.45, 2.75) is 26.3 Å². The Morgan fingerprint density at radius 1 is 1.27 bits per heavy atom.